The van der Waals surface area contributed by atoms with Crippen LogP contribution in [0.25, 0.3) is 21.8 Å². The smallest absolute Gasteiger partial charge is 0.320 e. The molecule has 0 spiro atoms. The highest BCUT2D eigenvalue weighted by Crippen LogP contribution is 2.34. The van der Waals surface area contributed by atoms with E-state index in [0.29, 0.717) is 27.6 Å². The molecule has 126 valence electrons. The van der Waals surface area contributed by atoms with Crippen LogP contribution in [-0.4, -0.2) is 29.2 Å². The summed E-state index contributed by atoms with van der Waals surface area (Å²) in [5.41, 5.74) is 1.27. The van der Waals surface area contributed by atoms with Gasteiger partial charge in [0.15, 0.2) is 11.6 Å². The Morgan fingerprint density at radius 1 is 0.960 bits per heavy atom. The molecular formula is C18H14FN3O3. The molecule has 6 nitrogen and oxygen atoms in total. The Hall–Kier alpha value is -3.35. The van der Waals surface area contributed by atoms with Crippen molar-refractivity contribution in [2.45, 2.75) is 0 Å². The predicted molar refractivity (Wildman–Crippen MR) is 91.0 cm³/mol. The first kappa shape index (κ1) is 15.2. The highest BCUT2D eigenvalue weighted by Gasteiger charge is 2.15. The number of nitrogens with one attached hydrogen (secondary N) is 1. The summed E-state index contributed by atoms with van der Waals surface area (Å²) in [4.78, 5) is 11.4. The van der Waals surface area contributed by atoms with Crippen LogP contribution in [0.3, 0.4) is 0 Å². The number of fused-ring (bicyclic) bond motifs is 2. The van der Waals surface area contributed by atoms with Gasteiger partial charge >= 0.3 is 6.01 Å². The first-order valence-corrected chi connectivity index (χ1v) is 7.53. The normalized spacial score (nSPS) is 11.0. The van der Waals surface area contributed by atoms with Gasteiger partial charge in [0.25, 0.3) is 0 Å². The fraction of sp³-hybridized carbons (Fsp3) is 0.111. The van der Waals surface area contributed by atoms with Crippen LogP contribution in [-0.2, 0) is 0 Å². The average molecular weight is 339 g/mol. The van der Waals surface area contributed by atoms with Crippen molar-refractivity contribution in [2.24, 2.45) is 0 Å². The summed E-state index contributed by atoms with van der Waals surface area (Å²) >= 11 is 0. The van der Waals surface area contributed by atoms with Crippen LogP contribution in [0.15, 0.2) is 42.6 Å². The van der Waals surface area contributed by atoms with Crippen LogP contribution >= 0.6 is 0 Å². The lowest BCUT2D eigenvalue weighted by Crippen LogP contribution is -1.98. The lowest BCUT2D eigenvalue weighted by molar-refractivity contribution is 0.366. The quantitative estimate of drug-likeness (QED) is 0.607. The molecule has 2 heterocycles. The molecule has 2 aromatic heterocycles. The molecule has 7 heteroatoms. The summed E-state index contributed by atoms with van der Waals surface area (Å²) in [6.07, 6.45) is 1.67. The molecule has 0 unspecified atom stereocenters. The van der Waals surface area contributed by atoms with Gasteiger partial charge in [0.05, 0.1) is 25.1 Å². The van der Waals surface area contributed by atoms with Crippen molar-refractivity contribution in [3.05, 3.63) is 48.4 Å². The lowest BCUT2D eigenvalue weighted by atomic mass is 10.2. The van der Waals surface area contributed by atoms with Crippen molar-refractivity contribution in [3.8, 4) is 23.4 Å². The van der Waals surface area contributed by atoms with Crippen LogP contribution in [0.2, 0.25) is 0 Å². The van der Waals surface area contributed by atoms with Crippen molar-refractivity contribution in [2.75, 3.05) is 14.2 Å². The van der Waals surface area contributed by atoms with Gasteiger partial charge in [0.2, 0.25) is 5.88 Å². The number of H-pyrrole nitrogens is 1. The minimum Gasteiger partial charge on any atom is -0.497 e. The topological polar surface area (TPSA) is 69.3 Å². The molecule has 2 aromatic carbocycles. The molecule has 0 amide bonds. The van der Waals surface area contributed by atoms with Crippen LogP contribution < -0.4 is 14.2 Å². The highest BCUT2D eigenvalue weighted by atomic mass is 19.1. The monoisotopic (exact) mass is 339 g/mol. The third-order valence-electron chi connectivity index (χ3n) is 3.87. The van der Waals surface area contributed by atoms with E-state index in [9.17, 15) is 4.39 Å². The highest BCUT2D eigenvalue weighted by molar-refractivity contribution is 5.86. The fourth-order valence-corrected chi connectivity index (χ4v) is 2.62. The Bertz CT molecular complexity index is 1070. The van der Waals surface area contributed by atoms with Gasteiger partial charge in [-0.25, -0.2) is 4.39 Å². The Labute approximate surface area is 142 Å². The number of benzene rings is 2. The number of methoxy groups -OCH3 is 2. The third-order valence-corrected chi connectivity index (χ3v) is 3.87. The average Bonchev–Trinajstić information content (AvgIpc) is 3.12. The zero-order valence-electron chi connectivity index (χ0n) is 13.5. The lowest BCUT2D eigenvalue weighted by Gasteiger charge is -2.11. The summed E-state index contributed by atoms with van der Waals surface area (Å²) < 4.78 is 30.7. The molecule has 0 radical (unpaired) electrons. The SMILES string of the molecule is COc1ccc2c(Oc3ccc4[nH]ccc4c3F)nc(OC)nc2c1. The van der Waals surface area contributed by atoms with E-state index >= 15 is 0 Å². The van der Waals surface area contributed by atoms with E-state index in [4.69, 9.17) is 14.2 Å². The summed E-state index contributed by atoms with van der Waals surface area (Å²) in [5.74, 6) is 0.459. The number of hydrogen-bond donors (Lipinski definition) is 1. The number of hydrogen-bond acceptors (Lipinski definition) is 5. The Balaban J connectivity index is 1.85. The molecule has 0 aliphatic rings. The van der Waals surface area contributed by atoms with Gasteiger partial charge in [0.1, 0.15) is 5.75 Å². The van der Waals surface area contributed by atoms with Gasteiger partial charge in [-0.2, -0.15) is 9.97 Å². The second kappa shape index (κ2) is 5.94. The Morgan fingerprint density at radius 2 is 1.84 bits per heavy atom. The van der Waals surface area contributed by atoms with Gasteiger partial charge in [0, 0.05) is 23.2 Å². The Morgan fingerprint density at radius 3 is 2.64 bits per heavy atom. The maximum Gasteiger partial charge on any atom is 0.320 e. The van der Waals surface area contributed by atoms with Gasteiger partial charge in [-0.05, 0) is 30.3 Å². The van der Waals surface area contributed by atoms with Crippen LogP contribution in [0, 0.1) is 5.82 Å². The first-order chi connectivity index (χ1) is 12.2. The van der Waals surface area contributed by atoms with Crippen molar-refractivity contribution >= 4 is 21.8 Å². The number of aromatic amines is 1. The maximum absolute atomic E-state index is 14.6. The second-order valence-corrected chi connectivity index (χ2v) is 5.32. The fourth-order valence-electron chi connectivity index (χ4n) is 2.62. The van der Waals surface area contributed by atoms with Crippen molar-refractivity contribution in [3.63, 3.8) is 0 Å². The van der Waals surface area contributed by atoms with Crippen LogP contribution in [0.5, 0.6) is 23.4 Å². The molecule has 0 fully saturated rings. The van der Waals surface area contributed by atoms with Crippen molar-refractivity contribution in [1.29, 1.82) is 0 Å². The van der Waals surface area contributed by atoms with E-state index in [1.807, 2.05) is 0 Å². The van der Waals surface area contributed by atoms with E-state index in [1.54, 1.807) is 49.7 Å². The first-order valence-electron chi connectivity index (χ1n) is 7.53. The summed E-state index contributed by atoms with van der Waals surface area (Å²) in [6, 6.07) is 10.3. The minimum absolute atomic E-state index is 0.0740. The molecule has 4 rings (SSSR count). The summed E-state index contributed by atoms with van der Waals surface area (Å²) in [7, 11) is 3.02. The van der Waals surface area contributed by atoms with Gasteiger partial charge in [-0.15, -0.1) is 0 Å². The van der Waals surface area contributed by atoms with E-state index in [0.717, 1.165) is 0 Å². The van der Waals surface area contributed by atoms with Crippen LogP contribution in [0.1, 0.15) is 0 Å². The second-order valence-electron chi connectivity index (χ2n) is 5.32. The molecule has 25 heavy (non-hydrogen) atoms. The molecular weight excluding hydrogens is 325 g/mol. The van der Waals surface area contributed by atoms with Gasteiger partial charge in [-0.3, -0.25) is 0 Å². The zero-order chi connectivity index (χ0) is 17.4. The molecule has 0 saturated heterocycles. The largest absolute Gasteiger partial charge is 0.497 e. The standard InChI is InChI=1S/C18H14FN3O3/c1-23-10-3-4-12-14(9-10)21-18(24-2)22-17(12)25-15-6-5-13-11(16(15)19)7-8-20-13/h3-9,20H,1-2H3. The molecule has 0 bridgehead atoms. The third kappa shape index (κ3) is 2.59. The maximum atomic E-state index is 14.6. The molecule has 0 aliphatic heterocycles. The molecule has 4 aromatic rings. The van der Waals surface area contributed by atoms with Gasteiger partial charge in [-0.1, -0.05) is 0 Å². The van der Waals surface area contributed by atoms with E-state index in [-0.39, 0.29) is 17.6 Å². The minimum atomic E-state index is -0.460. The molecule has 0 aliphatic carbocycles. The van der Waals surface area contributed by atoms with Crippen LogP contribution in [0.4, 0.5) is 4.39 Å². The van der Waals surface area contributed by atoms with Gasteiger partial charge < -0.3 is 19.2 Å². The number of rotatable bonds is 4. The van der Waals surface area contributed by atoms with E-state index in [1.165, 1.54) is 7.11 Å². The van der Waals surface area contributed by atoms with E-state index < -0.39 is 5.82 Å². The molecule has 0 saturated carbocycles. The predicted octanol–water partition coefficient (Wildman–Crippen LogP) is 4.06. The molecule has 0 atom stereocenters. The number of halogens is 1. The number of ether oxygens (including phenoxy) is 3. The summed E-state index contributed by atoms with van der Waals surface area (Å²) in [6.45, 7) is 0. The van der Waals surface area contributed by atoms with Crippen molar-refractivity contribution < 1.29 is 18.6 Å². The molecule has 1 N–H and O–H groups in total. The van der Waals surface area contributed by atoms with E-state index in [2.05, 4.69) is 15.0 Å². The van der Waals surface area contributed by atoms with Crippen molar-refractivity contribution in [1.82, 2.24) is 15.0 Å². The number of aromatic nitrogens is 3. The Kier molecular flexibility index (Phi) is 3.61. The summed E-state index contributed by atoms with van der Waals surface area (Å²) in [5, 5.41) is 1.07. The zero-order valence-corrected chi connectivity index (χ0v) is 13.5. The number of nitrogens with zero attached hydrogens (tertiary/aromatic N) is 2.